The second-order valence-corrected chi connectivity index (χ2v) is 6.20. The summed E-state index contributed by atoms with van der Waals surface area (Å²) in [5.74, 6) is -1.17. The number of halogens is 3. The maximum Gasteiger partial charge on any atom is 0.262 e. The molecular formula is C13H10ClF2NO2S. The largest absolute Gasteiger partial charge is 0.280 e. The first-order chi connectivity index (χ1) is 9.29. The Bertz CT molecular complexity index is 763. The maximum atomic E-state index is 13.0. The van der Waals surface area contributed by atoms with Gasteiger partial charge in [0.25, 0.3) is 10.0 Å². The van der Waals surface area contributed by atoms with Crippen molar-refractivity contribution < 1.29 is 17.2 Å². The third-order valence-corrected chi connectivity index (χ3v) is 4.43. The van der Waals surface area contributed by atoms with Gasteiger partial charge in [-0.15, -0.1) is 0 Å². The fraction of sp³-hybridized carbons (Fsp3) is 0.0769. The molecule has 2 aromatic rings. The zero-order valence-electron chi connectivity index (χ0n) is 10.3. The van der Waals surface area contributed by atoms with Crippen LogP contribution in [0.25, 0.3) is 0 Å². The van der Waals surface area contributed by atoms with Gasteiger partial charge in [0.2, 0.25) is 0 Å². The van der Waals surface area contributed by atoms with Crippen molar-refractivity contribution in [1.82, 2.24) is 0 Å². The molecule has 0 atom stereocenters. The molecule has 0 unspecified atom stereocenters. The summed E-state index contributed by atoms with van der Waals surface area (Å²) < 4.78 is 52.6. The Morgan fingerprint density at radius 1 is 1.10 bits per heavy atom. The van der Waals surface area contributed by atoms with E-state index in [0.717, 1.165) is 30.3 Å². The SMILES string of the molecule is Cc1cc(F)ccc1S(=O)(=O)Nc1ccc(F)c(Cl)c1. The standard InChI is InChI=1S/C13H10ClF2NO2S/c1-8-6-9(15)2-5-13(8)20(18,19)17-10-3-4-12(16)11(14)7-10/h2-7,17H,1H3. The lowest BCUT2D eigenvalue weighted by molar-refractivity contribution is 0.598. The van der Waals surface area contributed by atoms with Crippen LogP contribution in [0.5, 0.6) is 0 Å². The first kappa shape index (κ1) is 14.7. The second-order valence-electron chi connectivity index (χ2n) is 4.14. The number of hydrogen-bond acceptors (Lipinski definition) is 2. The van der Waals surface area contributed by atoms with Gasteiger partial charge in [-0.1, -0.05) is 11.6 Å². The molecule has 0 saturated carbocycles. The molecule has 0 aromatic heterocycles. The molecule has 0 aliphatic rings. The van der Waals surface area contributed by atoms with Gasteiger partial charge in [-0.3, -0.25) is 4.72 Å². The second kappa shape index (κ2) is 5.38. The molecule has 0 aliphatic carbocycles. The molecule has 0 fully saturated rings. The zero-order valence-corrected chi connectivity index (χ0v) is 11.9. The van der Waals surface area contributed by atoms with E-state index in [0.29, 0.717) is 0 Å². The minimum atomic E-state index is -3.89. The van der Waals surface area contributed by atoms with Crippen molar-refractivity contribution >= 4 is 27.3 Å². The Morgan fingerprint density at radius 2 is 1.80 bits per heavy atom. The fourth-order valence-electron chi connectivity index (χ4n) is 1.68. The molecule has 1 N–H and O–H groups in total. The van der Waals surface area contributed by atoms with Crippen molar-refractivity contribution in [3.05, 3.63) is 58.6 Å². The van der Waals surface area contributed by atoms with Crippen LogP contribution in [0.4, 0.5) is 14.5 Å². The Labute approximate surface area is 120 Å². The van der Waals surface area contributed by atoms with Crippen LogP contribution in [0.2, 0.25) is 5.02 Å². The number of nitrogens with one attached hydrogen (secondary N) is 1. The van der Waals surface area contributed by atoms with E-state index in [2.05, 4.69) is 4.72 Å². The Morgan fingerprint density at radius 3 is 2.40 bits per heavy atom. The van der Waals surface area contributed by atoms with E-state index in [4.69, 9.17) is 11.6 Å². The van der Waals surface area contributed by atoms with Crippen LogP contribution in [-0.2, 0) is 10.0 Å². The highest BCUT2D eigenvalue weighted by Gasteiger charge is 2.17. The molecule has 0 heterocycles. The van der Waals surface area contributed by atoms with Crippen molar-refractivity contribution in [2.75, 3.05) is 4.72 Å². The normalized spacial score (nSPS) is 11.4. The summed E-state index contributed by atoms with van der Waals surface area (Å²) in [7, 11) is -3.89. The molecule has 2 aromatic carbocycles. The molecular weight excluding hydrogens is 308 g/mol. The molecule has 2 rings (SSSR count). The van der Waals surface area contributed by atoms with Crippen LogP contribution in [-0.4, -0.2) is 8.42 Å². The molecule has 106 valence electrons. The summed E-state index contributed by atoms with van der Waals surface area (Å²) in [5, 5.41) is -0.193. The third-order valence-electron chi connectivity index (χ3n) is 2.60. The molecule has 0 saturated heterocycles. The molecule has 7 heteroatoms. The van der Waals surface area contributed by atoms with Gasteiger partial charge in [0.15, 0.2) is 0 Å². The van der Waals surface area contributed by atoms with Crippen molar-refractivity contribution in [2.24, 2.45) is 0 Å². The minimum Gasteiger partial charge on any atom is -0.280 e. The Balaban J connectivity index is 2.38. The van der Waals surface area contributed by atoms with E-state index in [9.17, 15) is 17.2 Å². The molecule has 20 heavy (non-hydrogen) atoms. The number of rotatable bonds is 3. The molecule has 0 aliphatic heterocycles. The predicted octanol–water partition coefficient (Wildman–Crippen LogP) is 3.73. The number of aryl methyl sites for hydroxylation is 1. The Hall–Kier alpha value is -1.66. The average molecular weight is 318 g/mol. The highest BCUT2D eigenvalue weighted by atomic mass is 35.5. The van der Waals surface area contributed by atoms with Crippen LogP contribution >= 0.6 is 11.6 Å². The molecule has 0 spiro atoms. The van der Waals surface area contributed by atoms with Crippen molar-refractivity contribution in [1.29, 1.82) is 0 Å². The fourth-order valence-corrected chi connectivity index (χ4v) is 3.14. The molecule has 0 radical (unpaired) electrons. The smallest absolute Gasteiger partial charge is 0.262 e. The van der Waals surface area contributed by atoms with Gasteiger partial charge in [-0.05, 0) is 48.9 Å². The van der Waals surface area contributed by atoms with E-state index < -0.39 is 21.7 Å². The summed E-state index contributed by atoms with van der Waals surface area (Å²) in [6.45, 7) is 1.48. The highest BCUT2D eigenvalue weighted by Crippen LogP contribution is 2.23. The molecule has 0 amide bonds. The number of anilines is 1. The predicted molar refractivity (Wildman–Crippen MR) is 73.4 cm³/mol. The first-order valence-electron chi connectivity index (χ1n) is 5.53. The van der Waals surface area contributed by atoms with Gasteiger partial charge in [0, 0.05) is 0 Å². The zero-order chi connectivity index (χ0) is 14.9. The van der Waals surface area contributed by atoms with Gasteiger partial charge >= 0.3 is 0 Å². The molecule has 3 nitrogen and oxygen atoms in total. The topological polar surface area (TPSA) is 46.2 Å². The lowest BCUT2D eigenvalue weighted by Crippen LogP contribution is -2.14. The van der Waals surface area contributed by atoms with Crippen molar-refractivity contribution in [2.45, 2.75) is 11.8 Å². The lowest BCUT2D eigenvalue weighted by atomic mass is 10.2. The Kier molecular flexibility index (Phi) is 3.96. The van der Waals surface area contributed by atoms with Gasteiger partial charge in [-0.2, -0.15) is 0 Å². The summed E-state index contributed by atoms with van der Waals surface area (Å²) >= 11 is 5.58. The summed E-state index contributed by atoms with van der Waals surface area (Å²) in [6.07, 6.45) is 0. The average Bonchev–Trinajstić information content (AvgIpc) is 2.33. The van der Waals surface area contributed by atoms with E-state index in [-0.39, 0.29) is 21.2 Å². The van der Waals surface area contributed by atoms with Gasteiger partial charge < -0.3 is 0 Å². The van der Waals surface area contributed by atoms with Crippen LogP contribution in [0.1, 0.15) is 5.56 Å². The van der Waals surface area contributed by atoms with Gasteiger partial charge in [0.05, 0.1) is 15.6 Å². The van der Waals surface area contributed by atoms with Crippen LogP contribution < -0.4 is 4.72 Å². The maximum absolute atomic E-state index is 13.0. The van der Waals surface area contributed by atoms with E-state index in [1.165, 1.54) is 13.0 Å². The monoisotopic (exact) mass is 317 g/mol. The molecule has 0 bridgehead atoms. The van der Waals surface area contributed by atoms with Crippen molar-refractivity contribution in [3.63, 3.8) is 0 Å². The van der Waals surface area contributed by atoms with E-state index >= 15 is 0 Å². The van der Waals surface area contributed by atoms with E-state index in [1.54, 1.807) is 0 Å². The quantitative estimate of drug-likeness (QED) is 0.937. The van der Waals surface area contributed by atoms with Gasteiger partial charge in [-0.25, -0.2) is 17.2 Å². The summed E-state index contributed by atoms with van der Waals surface area (Å²) in [5.41, 5.74) is 0.394. The van der Waals surface area contributed by atoms with Gasteiger partial charge in [0.1, 0.15) is 11.6 Å². The lowest BCUT2D eigenvalue weighted by Gasteiger charge is -2.10. The van der Waals surface area contributed by atoms with Crippen LogP contribution in [0, 0.1) is 18.6 Å². The number of sulfonamides is 1. The highest BCUT2D eigenvalue weighted by molar-refractivity contribution is 7.92. The third kappa shape index (κ3) is 3.08. The van der Waals surface area contributed by atoms with Crippen LogP contribution in [0.3, 0.4) is 0 Å². The minimum absolute atomic E-state index is 0.0562. The first-order valence-corrected chi connectivity index (χ1v) is 7.40. The van der Waals surface area contributed by atoms with E-state index in [1.807, 2.05) is 0 Å². The summed E-state index contributed by atoms with van der Waals surface area (Å²) in [4.78, 5) is -0.0562. The summed E-state index contributed by atoms with van der Waals surface area (Å²) in [6, 6.07) is 6.80. The van der Waals surface area contributed by atoms with Crippen molar-refractivity contribution in [3.8, 4) is 0 Å². The number of benzene rings is 2. The van der Waals surface area contributed by atoms with Crippen LogP contribution in [0.15, 0.2) is 41.3 Å². The number of hydrogen-bond donors (Lipinski definition) is 1.